The summed E-state index contributed by atoms with van der Waals surface area (Å²) in [5, 5.41) is 2.74. The number of hydrogen-bond acceptors (Lipinski definition) is 4. The van der Waals surface area contributed by atoms with E-state index < -0.39 is 28.7 Å². The third-order valence-electron chi connectivity index (χ3n) is 3.35. The highest BCUT2D eigenvalue weighted by Crippen LogP contribution is 2.34. The van der Waals surface area contributed by atoms with Gasteiger partial charge in [0.2, 0.25) is 10.0 Å². The maximum absolute atomic E-state index is 12.3. The average molecular weight is 457 g/mol. The molecule has 152 valence electrons. The largest absolute Gasteiger partial charge is 0.494 e. The monoisotopic (exact) mass is 456 g/mol. The summed E-state index contributed by atoms with van der Waals surface area (Å²) in [4.78, 5) is 11.9. The zero-order valence-corrected chi connectivity index (χ0v) is 16.4. The van der Waals surface area contributed by atoms with Crippen molar-refractivity contribution in [1.29, 1.82) is 0 Å². The Bertz CT molecular complexity index is 957. The minimum absolute atomic E-state index is 0.123. The van der Waals surface area contributed by atoms with Gasteiger partial charge in [-0.1, -0.05) is 23.2 Å². The minimum Gasteiger partial charge on any atom is -0.494 e. The molecule has 2 rings (SSSR count). The van der Waals surface area contributed by atoms with Crippen LogP contribution in [-0.2, 0) is 10.0 Å². The maximum Gasteiger partial charge on any atom is 0.402 e. The maximum atomic E-state index is 12.3. The Labute approximate surface area is 168 Å². The first-order chi connectivity index (χ1) is 12.9. The third-order valence-corrected chi connectivity index (χ3v) is 5.33. The molecule has 12 heteroatoms. The van der Waals surface area contributed by atoms with Gasteiger partial charge in [-0.05, 0) is 36.4 Å². The number of alkyl halides is 3. The molecule has 1 amide bonds. The van der Waals surface area contributed by atoms with Gasteiger partial charge in [0.1, 0.15) is 6.54 Å². The van der Waals surface area contributed by atoms with Gasteiger partial charge in [0, 0.05) is 11.3 Å². The van der Waals surface area contributed by atoms with E-state index in [-0.39, 0.29) is 31.9 Å². The first-order valence-corrected chi connectivity index (χ1v) is 9.68. The van der Waals surface area contributed by atoms with Crippen molar-refractivity contribution in [2.45, 2.75) is 11.1 Å². The lowest BCUT2D eigenvalue weighted by molar-refractivity contribution is -0.121. The molecule has 0 saturated carbocycles. The quantitative estimate of drug-likeness (QED) is 0.685. The van der Waals surface area contributed by atoms with Crippen LogP contribution in [0.1, 0.15) is 10.4 Å². The normalized spacial score (nSPS) is 11.9. The molecule has 0 aliphatic rings. The van der Waals surface area contributed by atoms with Crippen molar-refractivity contribution in [3.05, 3.63) is 52.0 Å². The number of methoxy groups -OCH3 is 1. The van der Waals surface area contributed by atoms with E-state index >= 15 is 0 Å². The highest BCUT2D eigenvalue weighted by atomic mass is 35.5. The number of hydrogen-bond donors (Lipinski definition) is 2. The SMILES string of the molecule is COc1c(Cl)cc(C(=O)Nc2ccc(S(=O)(=O)NCC(F)(F)F)cc2)cc1Cl. The van der Waals surface area contributed by atoms with Crippen LogP contribution in [0.3, 0.4) is 0 Å². The van der Waals surface area contributed by atoms with Crippen LogP contribution in [0.4, 0.5) is 18.9 Å². The number of ether oxygens (including phenoxy) is 1. The van der Waals surface area contributed by atoms with Crippen LogP contribution < -0.4 is 14.8 Å². The number of benzene rings is 2. The highest BCUT2D eigenvalue weighted by Gasteiger charge is 2.30. The predicted octanol–water partition coefficient (Wildman–Crippen LogP) is 4.09. The van der Waals surface area contributed by atoms with Crippen LogP contribution in [0.25, 0.3) is 0 Å². The van der Waals surface area contributed by atoms with Crippen LogP contribution in [0, 0.1) is 0 Å². The smallest absolute Gasteiger partial charge is 0.402 e. The number of carbonyl (C=O) groups is 1. The molecule has 0 aliphatic carbocycles. The Morgan fingerprint density at radius 1 is 1.11 bits per heavy atom. The summed E-state index contributed by atoms with van der Waals surface area (Å²) in [5.41, 5.74) is 0.335. The van der Waals surface area contributed by atoms with Gasteiger partial charge in [-0.25, -0.2) is 13.1 Å². The van der Waals surface area contributed by atoms with Crippen LogP contribution >= 0.6 is 23.2 Å². The van der Waals surface area contributed by atoms with Gasteiger partial charge >= 0.3 is 6.18 Å². The van der Waals surface area contributed by atoms with Gasteiger partial charge in [0.15, 0.2) is 5.75 Å². The van der Waals surface area contributed by atoms with Crippen molar-refractivity contribution >= 4 is 44.8 Å². The van der Waals surface area contributed by atoms with Crippen molar-refractivity contribution in [2.75, 3.05) is 19.0 Å². The standard InChI is InChI=1S/C16H13Cl2F3N2O4S/c1-27-14-12(17)6-9(7-13(14)18)15(24)23-10-2-4-11(5-3-10)28(25,26)22-8-16(19,20)21/h2-7,22H,8H2,1H3,(H,23,24). The number of nitrogens with one attached hydrogen (secondary N) is 2. The summed E-state index contributed by atoms with van der Waals surface area (Å²) in [6, 6.07) is 7.24. The Kier molecular flexibility index (Phi) is 6.81. The molecule has 0 aromatic heterocycles. The van der Waals surface area contributed by atoms with E-state index in [2.05, 4.69) is 5.32 Å². The van der Waals surface area contributed by atoms with Crippen LogP contribution in [0.2, 0.25) is 10.0 Å². The molecule has 0 unspecified atom stereocenters. The fourth-order valence-electron chi connectivity index (χ4n) is 2.07. The van der Waals surface area contributed by atoms with Crippen molar-refractivity contribution in [3.8, 4) is 5.75 Å². The highest BCUT2D eigenvalue weighted by molar-refractivity contribution is 7.89. The van der Waals surface area contributed by atoms with Crippen molar-refractivity contribution < 1.29 is 31.1 Å². The number of sulfonamides is 1. The molecular formula is C16H13Cl2F3N2O4S. The molecule has 0 radical (unpaired) electrons. The van der Waals surface area contributed by atoms with E-state index in [1.54, 1.807) is 0 Å². The second-order valence-electron chi connectivity index (χ2n) is 5.39. The number of rotatable bonds is 6. The Hall–Kier alpha value is -2.01. The topological polar surface area (TPSA) is 84.5 Å². The minimum atomic E-state index is -4.68. The van der Waals surface area contributed by atoms with Gasteiger partial charge in [0.05, 0.1) is 22.1 Å². The summed E-state index contributed by atoms with van der Waals surface area (Å²) in [6.45, 7) is -1.69. The van der Waals surface area contributed by atoms with Crippen LogP contribution in [-0.4, -0.2) is 34.2 Å². The van der Waals surface area contributed by atoms with E-state index in [0.717, 1.165) is 12.1 Å². The predicted molar refractivity (Wildman–Crippen MR) is 98.7 cm³/mol. The lowest BCUT2D eigenvalue weighted by atomic mass is 10.2. The molecule has 28 heavy (non-hydrogen) atoms. The van der Waals surface area contributed by atoms with Crippen molar-refractivity contribution in [2.24, 2.45) is 0 Å². The molecule has 0 aliphatic heterocycles. The van der Waals surface area contributed by atoms with Gasteiger partial charge in [-0.15, -0.1) is 0 Å². The number of anilines is 1. The fraction of sp³-hybridized carbons (Fsp3) is 0.188. The lowest BCUT2D eigenvalue weighted by Crippen LogP contribution is -2.33. The average Bonchev–Trinajstić information content (AvgIpc) is 2.60. The first-order valence-electron chi connectivity index (χ1n) is 7.44. The third kappa shape index (κ3) is 5.74. The molecule has 0 bridgehead atoms. The Morgan fingerprint density at radius 3 is 2.11 bits per heavy atom. The van der Waals surface area contributed by atoms with Crippen molar-refractivity contribution in [1.82, 2.24) is 4.72 Å². The van der Waals surface area contributed by atoms with E-state index in [9.17, 15) is 26.4 Å². The Morgan fingerprint density at radius 2 is 1.64 bits per heavy atom. The summed E-state index contributed by atoms with van der Waals surface area (Å²) >= 11 is 11.9. The fourth-order valence-corrected chi connectivity index (χ4v) is 3.72. The second-order valence-corrected chi connectivity index (χ2v) is 7.97. The van der Waals surface area contributed by atoms with Gasteiger partial charge < -0.3 is 10.1 Å². The molecule has 0 atom stereocenters. The molecule has 0 heterocycles. The summed E-state index contributed by atoms with van der Waals surface area (Å²) in [5.74, 6) is -0.377. The Balaban J connectivity index is 2.13. The summed E-state index contributed by atoms with van der Waals surface area (Å²) < 4.78 is 66.6. The number of amides is 1. The van der Waals surface area contributed by atoms with Crippen LogP contribution in [0.5, 0.6) is 5.75 Å². The summed E-state index contributed by atoms with van der Waals surface area (Å²) in [7, 11) is -2.97. The van der Waals surface area contributed by atoms with Crippen molar-refractivity contribution in [3.63, 3.8) is 0 Å². The lowest BCUT2D eigenvalue weighted by Gasteiger charge is -2.11. The summed E-state index contributed by atoms with van der Waals surface area (Å²) in [6.07, 6.45) is -4.68. The molecule has 6 nitrogen and oxygen atoms in total. The molecular weight excluding hydrogens is 444 g/mol. The van der Waals surface area contributed by atoms with Gasteiger partial charge in [-0.3, -0.25) is 4.79 Å². The molecule has 0 fully saturated rings. The second kappa shape index (κ2) is 8.56. The number of halogens is 5. The van der Waals surface area contributed by atoms with Gasteiger partial charge in [0.25, 0.3) is 5.91 Å². The van der Waals surface area contributed by atoms with Crippen LogP contribution in [0.15, 0.2) is 41.3 Å². The van der Waals surface area contributed by atoms with Gasteiger partial charge in [-0.2, -0.15) is 13.2 Å². The zero-order valence-electron chi connectivity index (χ0n) is 14.1. The van der Waals surface area contributed by atoms with E-state index in [4.69, 9.17) is 27.9 Å². The molecule has 0 saturated heterocycles. The molecule has 0 spiro atoms. The van der Waals surface area contributed by atoms with E-state index in [1.807, 2.05) is 0 Å². The molecule has 2 aromatic carbocycles. The molecule has 2 N–H and O–H groups in total. The van der Waals surface area contributed by atoms with E-state index in [1.165, 1.54) is 36.1 Å². The molecule has 2 aromatic rings. The zero-order chi connectivity index (χ0) is 21.1. The number of carbonyl (C=O) groups excluding carboxylic acids is 1. The first kappa shape index (κ1) is 22.3. The van der Waals surface area contributed by atoms with E-state index in [0.29, 0.717) is 0 Å².